The van der Waals surface area contributed by atoms with Crippen molar-refractivity contribution < 1.29 is 4.52 Å². The maximum Gasteiger partial charge on any atom is 0.230 e. The quantitative estimate of drug-likeness (QED) is 0.756. The van der Waals surface area contributed by atoms with E-state index in [0.29, 0.717) is 16.8 Å². The molecule has 5 heteroatoms. The lowest BCUT2D eigenvalue weighted by molar-refractivity contribution is 0.439. The molecule has 0 aliphatic carbocycles. The first kappa shape index (κ1) is 13.2. The number of nitrogen functional groups attached to an aromatic ring is 1. The van der Waals surface area contributed by atoms with Gasteiger partial charge in [-0.25, -0.2) is 0 Å². The van der Waals surface area contributed by atoms with Gasteiger partial charge in [-0.05, 0) is 25.0 Å². The second-order valence-corrected chi connectivity index (χ2v) is 4.98. The highest BCUT2D eigenvalue weighted by atomic mass is 16.5. The molecule has 0 atom stereocenters. The molecule has 0 unspecified atom stereocenters. The molecule has 2 heterocycles. The summed E-state index contributed by atoms with van der Waals surface area (Å²) in [6.07, 6.45) is 1.64. The first-order valence-electron chi connectivity index (χ1n) is 6.59. The Bertz CT molecular complexity index is 862. The van der Waals surface area contributed by atoms with Crippen molar-refractivity contribution in [2.24, 2.45) is 0 Å². The van der Waals surface area contributed by atoms with Gasteiger partial charge in [0.2, 0.25) is 5.88 Å². The predicted octanol–water partition coefficient (Wildman–Crippen LogP) is 2.90. The molecule has 3 N–H and O–H groups in total. The zero-order valence-corrected chi connectivity index (χ0v) is 11.8. The average Bonchev–Trinajstić information content (AvgIpc) is 2.81. The lowest BCUT2D eigenvalue weighted by Gasteiger charge is -2.06. The van der Waals surface area contributed by atoms with Crippen LogP contribution in [-0.4, -0.2) is 10.1 Å². The van der Waals surface area contributed by atoms with Crippen LogP contribution in [-0.2, 0) is 0 Å². The van der Waals surface area contributed by atoms with Crippen molar-refractivity contribution in [1.82, 2.24) is 10.1 Å². The molecule has 2 aromatic heterocycles. The Labute approximate surface area is 121 Å². The summed E-state index contributed by atoms with van der Waals surface area (Å²) >= 11 is 0. The van der Waals surface area contributed by atoms with E-state index in [4.69, 9.17) is 10.3 Å². The second-order valence-electron chi connectivity index (χ2n) is 4.98. The van der Waals surface area contributed by atoms with E-state index in [-0.39, 0.29) is 11.3 Å². The van der Waals surface area contributed by atoms with Crippen LogP contribution in [0.3, 0.4) is 0 Å². The number of nitrogens with one attached hydrogen (secondary N) is 1. The van der Waals surface area contributed by atoms with E-state index in [1.165, 1.54) is 6.07 Å². The topological polar surface area (TPSA) is 84.9 Å². The monoisotopic (exact) mass is 281 g/mol. The van der Waals surface area contributed by atoms with Gasteiger partial charge in [-0.15, -0.1) is 0 Å². The summed E-state index contributed by atoms with van der Waals surface area (Å²) in [7, 11) is 0. The lowest BCUT2D eigenvalue weighted by atomic mass is 9.98. The molecule has 0 saturated heterocycles. The van der Waals surface area contributed by atoms with Gasteiger partial charge in [-0.1, -0.05) is 29.4 Å². The first-order valence-corrected chi connectivity index (χ1v) is 6.59. The maximum absolute atomic E-state index is 12.2. The van der Waals surface area contributed by atoms with E-state index in [9.17, 15) is 4.79 Å². The molecule has 0 radical (unpaired) electrons. The highest BCUT2D eigenvalue weighted by Crippen LogP contribution is 2.36. The molecule has 106 valence electrons. The van der Waals surface area contributed by atoms with Crippen LogP contribution in [0.25, 0.3) is 22.4 Å². The fraction of sp³-hybridized carbons (Fsp3) is 0.125. The Morgan fingerprint density at radius 2 is 1.95 bits per heavy atom. The summed E-state index contributed by atoms with van der Waals surface area (Å²) in [6, 6.07) is 9.30. The van der Waals surface area contributed by atoms with Gasteiger partial charge in [0, 0.05) is 18.0 Å². The number of aromatic nitrogens is 2. The summed E-state index contributed by atoms with van der Waals surface area (Å²) in [5, 5.41) is 3.97. The molecule has 0 bridgehead atoms. The molecular weight excluding hydrogens is 266 g/mol. The van der Waals surface area contributed by atoms with Crippen molar-refractivity contribution >= 4 is 5.88 Å². The molecule has 0 amide bonds. The Kier molecular flexibility index (Phi) is 3.10. The van der Waals surface area contributed by atoms with Crippen LogP contribution in [0.2, 0.25) is 0 Å². The molecule has 0 aliphatic heterocycles. The third-order valence-electron chi connectivity index (χ3n) is 3.45. The molecule has 0 saturated carbocycles. The number of rotatable bonds is 2. The fourth-order valence-electron chi connectivity index (χ4n) is 2.36. The number of anilines is 1. The standard InChI is InChI=1S/C16H15N3O2/c1-9-5-3-4-6-11(9)14-15(19-21-16(14)17)12-8-18-10(2)7-13(12)20/h3-8H,17H2,1-2H3,(H,18,20). The van der Waals surface area contributed by atoms with E-state index in [1.807, 2.05) is 38.1 Å². The van der Waals surface area contributed by atoms with Gasteiger partial charge in [0.25, 0.3) is 0 Å². The fourth-order valence-corrected chi connectivity index (χ4v) is 2.36. The average molecular weight is 281 g/mol. The Hall–Kier alpha value is -2.82. The van der Waals surface area contributed by atoms with Crippen molar-refractivity contribution in [2.75, 3.05) is 5.73 Å². The highest BCUT2D eigenvalue weighted by Gasteiger charge is 2.20. The van der Waals surface area contributed by atoms with Gasteiger partial charge >= 0.3 is 0 Å². The van der Waals surface area contributed by atoms with Crippen LogP contribution < -0.4 is 11.2 Å². The molecule has 3 rings (SSSR count). The summed E-state index contributed by atoms with van der Waals surface area (Å²) in [5.41, 5.74) is 10.1. The van der Waals surface area contributed by atoms with E-state index < -0.39 is 0 Å². The molecule has 0 spiro atoms. The molecule has 3 aromatic rings. The van der Waals surface area contributed by atoms with Crippen LogP contribution in [0.15, 0.2) is 45.8 Å². The van der Waals surface area contributed by atoms with E-state index in [1.54, 1.807) is 6.20 Å². The Morgan fingerprint density at radius 3 is 2.67 bits per heavy atom. The maximum atomic E-state index is 12.2. The largest absolute Gasteiger partial charge is 0.367 e. The minimum absolute atomic E-state index is 0.116. The predicted molar refractivity (Wildman–Crippen MR) is 81.9 cm³/mol. The lowest BCUT2D eigenvalue weighted by Crippen LogP contribution is -2.06. The minimum atomic E-state index is -0.116. The van der Waals surface area contributed by atoms with Gasteiger partial charge in [0.1, 0.15) is 5.69 Å². The summed E-state index contributed by atoms with van der Waals surface area (Å²) in [5.74, 6) is 0.208. The number of pyridine rings is 1. The number of hydrogen-bond donors (Lipinski definition) is 2. The normalized spacial score (nSPS) is 10.8. The number of aryl methyl sites for hydroxylation is 2. The molecular formula is C16H15N3O2. The zero-order chi connectivity index (χ0) is 15.0. The number of nitrogens with zero attached hydrogens (tertiary/aromatic N) is 1. The van der Waals surface area contributed by atoms with Gasteiger partial charge in [0.15, 0.2) is 5.43 Å². The number of benzene rings is 1. The van der Waals surface area contributed by atoms with Gasteiger partial charge in [-0.3, -0.25) is 4.79 Å². The van der Waals surface area contributed by atoms with Crippen molar-refractivity contribution in [2.45, 2.75) is 13.8 Å². The van der Waals surface area contributed by atoms with Gasteiger partial charge < -0.3 is 15.2 Å². The third kappa shape index (κ3) is 2.23. The van der Waals surface area contributed by atoms with E-state index in [2.05, 4.69) is 10.1 Å². The zero-order valence-electron chi connectivity index (χ0n) is 11.8. The summed E-state index contributed by atoms with van der Waals surface area (Å²) < 4.78 is 5.12. The molecule has 21 heavy (non-hydrogen) atoms. The SMILES string of the molecule is Cc1cc(=O)c(-c2noc(N)c2-c2ccccc2C)c[nH]1. The second kappa shape index (κ2) is 4.94. The summed E-state index contributed by atoms with van der Waals surface area (Å²) in [4.78, 5) is 15.2. The van der Waals surface area contributed by atoms with Crippen molar-refractivity contribution in [3.63, 3.8) is 0 Å². The van der Waals surface area contributed by atoms with Crippen molar-refractivity contribution in [3.8, 4) is 22.4 Å². The minimum Gasteiger partial charge on any atom is -0.367 e. The van der Waals surface area contributed by atoms with Gasteiger partial charge in [0.05, 0.1) is 11.1 Å². The van der Waals surface area contributed by atoms with Crippen molar-refractivity contribution in [1.29, 1.82) is 0 Å². The number of H-pyrrole nitrogens is 1. The summed E-state index contributed by atoms with van der Waals surface area (Å²) in [6.45, 7) is 3.80. The molecule has 0 fully saturated rings. The van der Waals surface area contributed by atoms with Crippen LogP contribution in [0, 0.1) is 13.8 Å². The Balaban J connectivity index is 2.27. The van der Waals surface area contributed by atoms with Crippen LogP contribution in [0.1, 0.15) is 11.3 Å². The van der Waals surface area contributed by atoms with E-state index >= 15 is 0 Å². The molecule has 0 aliphatic rings. The van der Waals surface area contributed by atoms with E-state index in [0.717, 1.165) is 16.8 Å². The highest BCUT2D eigenvalue weighted by molar-refractivity contribution is 5.87. The van der Waals surface area contributed by atoms with Crippen LogP contribution in [0.5, 0.6) is 0 Å². The van der Waals surface area contributed by atoms with Crippen LogP contribution in [0.4, 0.5) is 5.88 Å². The van der Waals surface area contributed by atoms with Crippen molar-refractivity contribution in [3.05, 3.63) is 58.0 Å². The Morgan fingerprint density at radius 1 is 1.19 bits per heavy atom. The number of aromatic amines is 1. The smallest absolute Gasteiger partial charge is 0.230 e. The number of nitrogens with two attached hydrogens (primary N) is 1. The van der Waals surface area contributed by atoms with Gasteiger partial charge in [-0.2, -0.15) is 0 Å². The van der Waals surface area contributed by atoms with Crippen LogP contribution >= 0.6 is 0 Å². The molecule has 1 aromatic carbocycles. The number of hydrogen-bond acceptors (Lipinski definition) is 4. The third-order valence-corrected chi connectivity index (χ3v) is 3.45. The first-order chi connectivity index (χ1) is 10.1. The molecule has 5 nitrogen and oxygen atoms in total.